The van der Waals surface area contributed by atoms with Crippen LogP contribution in [0, 0.1) is 5.92 Å². The van der Waals surface area contributed by atoms with Crippen molar-refractivity contribution in [1.29, 1.82) is 0 Å². The highest BCUT2D eigenvalue weighted by Gasteiger charge is 2.03. The van der Waals surface area contributed by atoms with Gasteiger partial charge in [0.1, 0.15) is 5.82 Å². The van der Waals surface area contributed by atoms with E-state index < -0.39 is 0 Å². The second-order valence-corrected chi connectivity index (χ2v) is 5.07. The molecule has 0 unspecified atom stereocenters. The van der Waals surface area contributed by atoms with Crippen molar-refractivity contribution >= 4 is 17.7 Å². The highest BCUT2D eigenvalue weighted by Crippen LogP contribution is 2.05. The summed E-state index contributed by atoms with van der Waals surface area (Å²) in [6, 6.07) is 1.79. The van der Waals surface area contributed by atoms with E-state index in [1.807, 2.05) is 0 Å². The average Bonchev–Trinajstić information content (AvgIpc) is 2.43. The Hall–Kier alpha value is -1.85. The Bertz CT molecular complexity index is 408. The van der Waals surface area contributed by atoms with Gasteiger partial charge in [-0.1, -0.05) is 20.8 Å². The van der Waals surface area contributed by atoms with Gasteiger partial charge >= 0.3 is 0 Å². The maximum absolute atomic E-state index is 11.5. The number of rotatable bonds is 9. The zero-order valence-electron chi connectivity index (χ0n) is 12.6. The summed E-state index contributed by atoms with van der Waals surface area (Å²) in [7, 11) is 0. The number of hydrogen-bond acceptors (Lipinski definition) is 5. The van der Waals surface area contributed by atoms with E-state index in [1.165, 1.54) is 0 Å². The number of carbonyl (C=O) groups is 1. The van der Waals surface area contributed by atoms with E-state index in [1.54, 1.807) is 12.3 Å². The number of nitrogens with one attached hydrogen (secondary N) is 3. The summed E-state index contributed by atoms with van der Waals surface area (Å²) in [5.74, 6) is 1.88. The number of carbonyl (C=O) groups excluding carboxylic acids is 1. The molecule has 0 spiro atoms. The molecule has 6 heteroatoms. The lowest BCUT2D eigenvalue weighted by Crippen LogP contribution is -2.28. The molecule has 0 aliphatic heterocycles. The summed E-state index contributed by atoms with van der Waals surface area (Å²) in [5, 5.41) is 9.14. The fraction of sp³-hybridized carbons (Fsp3) is 0.643. The van der Waals surface area contributed by atoms with Gasteiger partial charge in [-0.15, -0.1) is 0 Å². The van der Waals surface area contributed by atoms with Crippen molar-refractivity contribution in [2.45, 2.75) is 33.6 Å². The summed E-state index contributed by atoms with van der Waals surface area (Å²) in [6.45, 7) is 8.37. The van der Waals surface area contributed by atoms with E-state index in [9.17, 15) is 4.79 Å². The van der Waals surface area contributed by atoms with Crippen LogP contribution < -0.4 is 16.0 Å². The highest BCUT2D eigenvalue weighted by atomic mass is 16.1. The van der Waals surface area contributed by atoms with E-state index >= 15 is 0 Å². The van der Waals surface area contributed by atoms with E-state index in [0.29, 0.717) is 24.8 Å². The van der Waals surface area contributed by atoms with Gasteiger partial charge in [-0.3, -0.25) is 4.79 Å². The summed E-state index contributed by atoms with van der Waals surface area (Å²) < 4.78 is 0. The second-order valence-electron chi connectivity index (χ2n) is 5.07. The second kappa shape index (κ2) is 9.12. The molecular weight excluding hydrogens is 254 g/mol. The third kappa shape index (κ3) is 6.92. The normalized spacial score (nSPS) is 10.4. The number of hydrogen-bond donors (Lipinski definition) is 3. The van der Waals surface area contributed by atoms with E-state index in [-0.39, 0.29) is 5.91 Å². The van der Waals surface area contributed by atoms with Crippen molar-refractivity contribution in [2.24, 2.45) is 5.92 Å². The molecule has 112 valence electrons. The van der Waals surface area contributed by atoms with Crippen LogP contribution in [0.4, 0.5) is 11.8 Å². The fourth-order valence-corrected chi connectivity index (χ4v) is 1.49. The van der Waals surface area contributed by atoms with Crippen LogP contribution in [0.15, 0.2) is 12.3 Å². The molecule has 0 fully saturated rings. The summed E-state index contributed by atoms with van der Waals surface area (Å²) in [4.78, 5) is 20.0. The molecule has 0 aliphatic rings. The summed E-state index contributed by atoms with van der Waals surface area (Å²) in [5.41, 5.74) is 0. The molecule has 0 atom stereocenters. The first-order valence-corrected chi connectivity index (χ1v) is 7.19. The van der Waals surface area contributed by atoms with Crippen LogP contribution >= 0.6 is 0 Å². The zero-order chi connectivity index (χ0) is 14.8. The van der Waals surface area contributed by atoms with Crippen molar-refractivity contribution in [1.82, 2.24) is 15.3 Å². The molecule has 6 nitrogen and oxygen atoms in total. The standard InChI is InChI=1S/C14H25N5O/c1-4-7-16-14-17-8-5-12(19-14)15-9-6-13(20)18-10-11(2)3/h5,8,11H,4,6-7,9-10H2,1-3H3,(H,18,20)(H2,15,16,17,19). The predicted octanol–water partition coefficient (Wildman–Crippen LogP) is 1.87. The lowest BCUT2D eigenvalue weighted by Gasteiger charge is -2.09. The Morgan fingerprint density at radius 1 is 1.30 bits per heavy atom. The Morgan fingerprint density at radius 3 is 2.80 bits per heavy atom. The number of anilines is 2. The molecule has 3 N–H and O–H groups in total. The number of nitrogens with zero attached hydrogens (tertiary/aromatic N) is 2. The van der Waals surface area contributed by atoms with Crippen molar-refractivity contribution < 1.29 is 4.79 Å². The van der Waals surface area contributed by atoms with Gasteiger partial charge in [0, 0.05) is 32.3 Å². The summed E-state index contributed by atoms with van der Waals surface area (Å²) in [6.07, 6.45) is 3.16. The Labute approximate surface area is 120 Å². The maximum Gasteiger partial charge on any atom is 0.224 e. The smallest absolute Gasteiger partial charge is 0.224 e. The van der Waals surface area contributed by atoms with Crippen molar-refractivity contribution in [2.75, 3.05) is 30.3 Å². The quantitative estimate of drug-likeness (QED) is 0.643. The van der Waals surface area contributed by atoms with Crippen LogP contribution in [0.5, 0.6) is 0 Å². The van der Waals surface area contributed by atoms with E-state index in [0.717, 1.165) is 25.3 Å². The van der Waals surface area contributed by atoms with Crippen LogP contribution in [-0.4, -0.2) is 35.5 Å². The SMILES string of the molecule is CCCNc1nccc(NCCC(=O)NCC(C)C)n1. The number of aromatic nitrogens is 2. The van der Waals surface area contributed by atoms with Gasteiger partial charge in [0.05, 0.1) is 0 Å². The van der Waals surface area contributed by atoms with Gasteiger partial charge in [-0.05, 0) is 18.4 Å². The van der Waals surface area contributed by atoms with E-state index in [4.69, 9.17) is 0 Å². The average molecular weight is 279 g/mol. The largest absolute Gasteiger partial charge is 0.369 e. The molecule has 0 saturated heterocycles. The van der Waals surface area contributed by atoms with Crippen LogP contribution in [-0.2, 0) is 4.79 Å². The van der Waals surface area contributed by atoms with Crippen molar-refractivity contribution in [3.8, 4) is 0 Å². The number of amides is 1. The summed E-state index contributed by atoms with van der Waals surface area (Å²) >= 11 is 0. The molecule has 0 saturated carbocycles. The first kappa shape index (κ1) is 16.2. The van der Waals surface area contributed by atoms with Gasteiger partial charge in [-0.25, -0.2) is 4.98 Å². The van der Waals surface area contributed by atoms with Crippen molar-refractivity contribution in [3.63, 3.8) is 0 Å². The molecule has 1 heterocycles. The maximum atomic E-state index is 11.5. The van der Waals surface area contributed by atoms with Crippen LogP contribution in [0.2, 0.25) is 0 Å². The Morgan fingerprint density at radius 2 is 2.10 bits per heavy atom. The van der Waals surface area contributed by atoms with Gasteiger partial charge < -0.3 is 16.0 Å². The molecule has 0 aliphatic carbocycles. The zero-order valence-corrected chi connectivity index (χ0v) is 12.6. The molecule has 1 aromatic rings. The minimum atomic E-state index is 0.0598. The molecule has 0 radical (unpaired) electrons. The van der Waals surface area contributed by atoms with Crippen molar-refractivity contribution in [3.05, 3.63) is 12.3 Å². The van der Waals surface area contributed by atoms with Gasteiger partial charge in [0.25, 0.3) is 0 Å². The highest BCUT2D eigenvalue weighted by molar-refractivity contribution is 5.76. The molecule has 1 aromatic heterocycles. The van der Waals surface area contributed by atoms with Gasteiger partial charge in [-0.2, -0.15) is 4.98 Å². The van der Waals surface area contributed by atoms with Crippen LogP contribution in [0.1, 0.15) is 33.6 Å². The molecule has 1 rings (SSSR count). The Balaban J connectivity index is 2.29. The van der Waals surface area contributed by atoms with Crippen LogP contribution in [0.25, 0.3) is 0 Å². The molecule has 1 amide bonds. The minimum Gasteiger partial charge on any atom is -0.369 e. The lowest BCUT2D eigenvalue weighted by molar-refractivity contribution is -0.120. The van der Waals surface area contributed by atoms with E-state index in [2.05, 4.69) is 46.7 Å². The van der Waals surface area contributed by atoms with Crippen LogP contribution in [0.3, 0.4) is 0 Å². The molecule has 0 aromatic carbocycles. The third-order valence-corrected chi connectivity index (χ3v) is 2.55. The topological polar surface area (TPSA) is 78.9 Å². The molecule has 20 heavy (non-hydrogen) atoms. The first-order valence-electron chi connectivity index (χ1n) is 7.19. The molecular formula is C14H25N5O. The molecule has 0 bridgehead atoms. The fourth-order valence-electron chi connectivity index (χ4n) is 1.49. The monoisotopic (exact) mass is 279 g/mol. The minimum absolute atomic E-state index is 0.0598. The first-order chi connectivity index (χ1) is 9.61. The third-order valence-electron chi connectivity index (χ3n) is 2.55. The lowest BCUT2D eigenvalue weighted by atomic mass is 10.2. The predicted molar refractivity (Wildman–Crippen MR) is 81.8 cm³/mol. The van der Waals surface area contributed by atoms with Gasteiger partial charge in [0.2, 0.25) is 11.9 Å². The van der Waals surface area contributed by atoms with Gasteiger partial charge in [0.15, 0.2) is 0 Å². The Kier molecular flexibility index (Phi) is 7.39.